The van der Waals surface area contributed by atoms with Crippen molar-refractivity contribution >= 4 is 24.3 Å². The number of nitrogens with one attached hydrogen (secondary N) is 1. The molecule has 2 rings (SSSR count). The summed E-state index contributed by atoms with van der Waals surface area (Å²) >= 11 is 0. The first-order chi connectivity index (χ1) is 9.19. The van der Waals surface area contributed by atoms with Crippen LogP contribution >= 0.6 is 12.4 Å². The zero-order chi connectivity index (χ0) is 13.7. The lowest BCUT2D eigenvalue weighted by molar-refractivity contribution is -0.142. The van der Waals surface area contributed by atoms with E-state index in [0.717, 1.165) is 26.1 Å². The van der Waals surface area contributed by atoms with E-state index in [0.29, 0.717) is 32.1 Å². The highest BCUT2D eigenvalue weighted by atomic mass is 35.5. The molecule has 0 aromatic heterocycles. The average Bonchev–Trinajstić information content (AvgIpc) is 2.92. The molecule has 6 nitrogen and oxygen atoms in total. The van der Waals surface area contributed by atoms with Gasteiger partial charge in [-0.05, 0) is 19.4 Å². The van der Waals surface area contributed by atoms with Gasteiger partial charge in [0, 0.05) is 38.6 Å². The van der Waals surface area contributed by atoms with E-state index in [2.05, 4.69) is 10.1 Å². The summed E-state index contributed by atoms with van der Waals surface area (Å²) in [6, 6.07) is 0.362. The fourth-order valence-electron chi connectivity index (χ4n) is 2.67. The van der Waals surface area contributed by atoms with E-state index in [-0.39, 0.29) is 24.3 Å². The van der Waals surface area contributed by atoms with Crippen molar-refractivity contribution in [3.8, 4) is 0 Å². The van der Waals surface area contributed by atoms with Gasteiger partial charge in [0.2, 0.25) is 5.91 Å². The van der Waals surface area contributed by atoms with Crippen LogP contribution in [0, 0.1) is 0 Å². The van der Waals surface area contributed by atoms with Crippen LogP contribution in [0.15, 0.2) is 0 Å². The maximum atomic E-state index is 12.1. The van der Waals surface area contributed by atoms with Crippen molar-refractivity contribution < 1.29 is 14.3 Å². The van der Waals surface area contributed by atoms with Gasteiger partial charge in [0.15, 0.2) is 0 Å². The van der Waals surface area contributed by atoms with Crippen LogP contribution in [0.1, 0.15) is 19.3 Å². The summed E-state index contributed by atoms with van der Waals surface area (Å²) in [6.45, 7) is 4.27. The molecule has 1 unspecified atom stereocenters. The number of methoxy groups -OCH3 is 1. The minimum atomic E-state index is -0.213. The van der Waals surface area contributed by atoms with E-state index < -0.39 is 0 Å². The van der Waals surface area contributed by atoms with Gasteiger partial charge in [-0.2, -0.15) is 0 Å². The van der Waals surface area contributed by atoms with Gasteiger partial charge in [-0.3, -0.25) is 14.5 Å². The van der Waals surface area contributed by atoms with Gasteiger partial charge >= 0.3 is 5.97 Å². The van der Waals surface area contributed by atoms with Crippen molar-refractivity contribution in [3.05, 3.63) is 0 Å². The second-order valence-corrected chi connectivity index (χ2v) is 5.23. The predicted octanol–water partition coefficient (Wildman–Crippen LogP) is -0.132. The van der Waals surface area contributed by atoms with Crippen LogP contribution < -0.4 is 5.32 Å². The minimum Gasteiger partial charge on any atom is -0.468 e. The van der Waals surface area contributed by atoms with Gasteiger partial charge in [0.25, 0.3) is 0 Å². The molecule has 0 saturated carbocycles. The van der Waals surface area contributed by atoms with Crippen molar-refractivity contribution in [1.29, 1.82) is 0 Å². The molecule has 7 heteroatoms. The summed E-state index contributed by atoms with van der Waals surface area (Å²) in [7, 11) is 1.40. The highest BCUT2D eigenvalue weighted by Crippen LogP contribution is 2.12. The number of rotatable bonds is 4. The number of hydrogen-bond acceptors (Lipinski definition) is 5. The molecule has 0 aromatic carbocycles. The van der Waals surface area contributed by atoms with Crippen LogP contribution in [-0.4, -0.2) is 74.1 Å². The molecule has 0 bridgehead atoms. The summed E-state index contributed by atoms with van der Waals surface area (Å²) < 4.78 is 4.65. The van der Waals surface area contributed by atoms with E-state index >= 15 is 0 Å². The van der Waals surface area contributed by atoms with E-state index in [1.165, 1.54) is 13.5 Å². The standard InChI is InChI=1S/C13H23N3O3.ClH/c1-19-13(18)10-15-5-7-16(8-6-15)12(17)9-11-3-2-4-14-11;/h11,14H,2-10H2,1H3;1H. The Labute approximate surface area is 126 Å². The summed E-state index contributed by atoms with van der Waals surface area (Å²) in [4.78, 5) is 27.2. The van der Waals surface area contributed by atoms with Gasteiger partial charge in [0.1, 0.15) is 0 Å². The second kappa shape index (κ2) is 8.44. The van der Waals surface area contributed by atoms with Crippen molar-refractivity contribution in [2.45, 2.75) is 25.3 Å². The van der Waals surface area contributed by atoms with Crippen molar-refractivity contribution in [2.75, 3.05) is 46.4 Å². The van der Waals surface area contributed by atoms with Crippen LogP contribution in [0.4, 0.5) is 0 Å². The average molecular weight is 306 g/mol. The second-order valence-electron chi connectivity index (χ2n) is 5.23. The van der Waals surface area contributed by atoms with Crippen LogP contribution in [0.3, 0.4) is 0 Å². The maximum Gasteiger partial charge on any atom is 0.319 e. The Balaban J connectivity index is 0.00000200. The van der Waals surface area contributed by atoms with Gasteiger partial charge < -0.3 is 15.0 Å². The molecule has 2 aliphatic rings. The summed E-state index contributed by atoms with van der Waals surface area (Å²) in [5, 5.41) is 3.35. The molecule has 2 fully saturated rings. The number of halogens is 1. The van der Waals surface area contributed by atoms with Gasteiger partial charge in [0.05, 0.1) is 13.7 Å². The monoisotopic (exact) mass is 305 g/mol. The normalized spacial score (nSPS) is 23.2. The zero-order valence-corrected chi connectivity index (χ0v) is 12.8. The smallest absolute Gasteiger partial charge is 0.319 e. The van der Waals surface area contributed by atoms with E-state index in [1.807, 2.05) is 9.80 Å². The van der Waals surface area contributed by atoms with Crippen molar-refractivity contribution in [2.24, 2.45) is 0 Å². The molecule has 1 N–H and O–H groups in total. The molecule has 20 heavy (non-hydrogen) atoms. The molecular formula is C13H24ClN3O3. The molecule has 2 saturated heterocycles. The predicted molar refractivity (Wildman–Crippen MR) is 77.9 cm³/mol. The summed E-state index contributed by atoms with van der Waals surface area (Å²) in [5.41, 5.74) is 0. The lowest BCUT2D eigenvalue weighted by Gasteiger charge is -2.34. The van der Waals surface area contributed by atoms with E-state index in [9.17, 15) is 9.59 Å². The summed E-state index contributed by atoms with van der Waals surface area (Å²) in [6.07, 6.45) is 2.88. The Morgan fingerprint density at radius 3 is 2.50 bits per heavy atom. The van der Waals surface area contributed by atoms with Gasteiger partial charge in [-0.1, -0.05) is 0 Å². The Hall–Kier alpha value is -0.850. The van der Waals surface area contributed by atoms with Crippen LogP contribution in [-0.2, 0) is 14.3 Å². The fourth-order valence-corrected chi connectivity index (χ4v) is 2.67. The number of amides is 1. The SMILES string of the molecule is COC(=O)CN1CCN(C(=O)CC2CCCN2)CC1.Cl. The number of ether oxygens (including phenoxy) is 1. The zero-order valence-electron chi connectivity index (χ0n) is 12.0. The highest BCUT2D eigenvalue weighted by Gasteiger charge is 2.25. The number of piperazine rings is 1. The topological polar surface area (TPSA) is 61.9 Å². The minimum absolute atomic E-state index is 0. The quantitative estimate of drug-likeness (QED) is 0.733. The number of carbonyl (C=O) groups is 2. The molecule has 116 valence electrons. The van der Waals surface area contributed by atoms with Crippen molar-refractivity contribution in [3.63, 3.8) is 0 Å². The molecule has 0 spiro atoms. The number of hydrogen-bond donors (Lipinski definition) is 1. The first kappa shape index (κ1) is 17.2. The van der Waals surface area contributed by atoms with Crippen LogP contribution in [0.5, 0.6) is 0 Å². The molecule has 2 heterocycles. The van der Waals surface area contributed by atoms with Crippen molar-refractivity contribution in [1.82, 2.24) is 15.1 Å². The Morgan fingerprint density at radius 1 is 1.25 bits per heavy atom. The molecular weight excluding hydrogens is 282 g/mol. The first-order valence-corrected chi connectivity index (χ1v) is 6.99. The lowest BCUT2D eigenvalue weighted by Crippen LogP contribution is -2.50. The highest BCUT2D eigenvalue weighted by molar-refractivity contribution is 5.85. The molecule has 1 amide bonds. The number of esters is 1. The van der Waals surface area contributed by atoms with Gasteiger partial charge in [-0.15, -0.1) is 12.4 Å². The summed E-state index contributed by atoms with van der Waals surface area (Å²) in [5.74, 6) is 0.0204. The third kappa shape index (κ3) is 4.92. The molecule has 0 aromatic rings. The lowest BCUT2D eigenvalue weighted by atomic mass is 10.1. The molecule has 2 aliphatic heterocycles. The Bertz CT molecular complexity index is 327. The largest absolute Gasteiger partial charge is 0.468 e. The van der Waals surface area contributed by atoms with E-state index in [1.54, 1.807) is 0 Å². The maximum absolute atomic E-state index is 12.1. The molecule has 0 aliphatic carbocycles. The number of carbonyl (C=O) groups excluding carboxylic acids is 2. The van der Waals surface area contributed by atoms with E-state index in [4.69, 9.17) is 0 Å². The van der Waals surface area contributed by atoms with Gasteiger partial charge in [-0.25, -0.2) is 0 Å². The molecule has 1 atom stereocenters. The molecule has 0 radical (unpaired) electrons. The number of nitrogens with zero attached hydrogens (tertiary/aromatic N) is 2. The first-order valence-electron chi connectivity index (χ1n) is 6.99. The fraction of sp³-hybridized carbons (Fsp3) is 0.846. The Kier molecular flexibility index (Phi) is 7.26. The third-order valence-electron chi connectivity index (χ3n) is 3.89. The Morgan fingerprint density at radius 2 is 1.95 bits per heavy atom. The third-order valence-corrected chi connectivity index (χ3v) is 3.89. The van der Waals surface area contributed by atoms with Crippen LogP contribution in [0.2, 0.25) is 0 Å². The van der Waals surface area contributed by atoms with Crippen LogP contribution in [0.25, 0.3) is 0 Å².